The van der Waals surface area contributed by atoms with Gasteiger partial charge in [0.15, 0.2) is 0 Å². The van der Waals surface area contributed by atoms with Gasteiger partial charge in [0.2, 0.25) is 5.91 Å². The number of nitrogens with one attached hydrogen (secondary N) is 2. The van der Waals surface area contributed by atoms with E-state index in [-0.39, 0.29) is 12.5 Å². The van der Waals surface area contributed by atoms with Gasteiger partial charge in [0.25, 0.3) is 0 Å². The second kappa shape index (κ2) is 11.7. The molecule has 1 saturated heterocycles. The van der Waals surface area contributed by atoms with Crippen LogP contribution in [0.4, 0.5) is 5.69 Å². The highest BCUT2D eigenvalue weighted by Crippen LogP contribution is 2.30. The fourth-order valence-corrected chi connectivity index (χ4v) is 3.96. The molecule has 1 unspecified atom stereocenters. The average molecular weight is 476 g/mol. The second-order valence-corrected chi connectivity index (χ2v) is 9.32. The van der Waals surface area contributed by atoms with Crippen molar-refractivity contribution >= 4 is 23.2 Å². The Morgan fingerprint density at radius 3 is 2.55 bits per heavy atom. The highest BCUT2D eigenvalue weighted by molar-refractivity contribution is 6.30. The summed E-state index contributed by atoms with van der Waals surface area (Å²) in [5.41, 5.74) is 0.735. The quantitative estimate of drug-likeness (QED) is 0.486. The van der Waals surface area contributed by atoms with Gasteiger partial charge in [-0.1, -0.05) is 23.7 Å². The maximum atomic E-state index is 11.5. The Labute approximate surface area is 201 Å². The van der Waals surface area contributed by atoms with Gasteiger partial charge >= 0.3 is 0 Å². The van der Waals surface area contributed by atoms with Crippen molar-refractivity contribution in [3.05, 3.63) is 53.1 Å². The first-order chi connectivity index (χ1) is 15.7. The Hall–Kier alpha value is -2.32. The van der Waals surface area contributed by atoms with E-state index < -0.39 is 5.60 Å². The van der Waals surface area contributed by atoms with Crippen molar-refractivity contribution in [1.29, 1.82) is 0 Å². The van der Waals surface area contributed by atoms with Crippen molar-refractivity contribution in [2.75, 3.05) is 38.7 Å². The predicted molar refractivity (Wildman–Crippen MR) is 131 cm³/mol. The molecule has 1 aliphatic heterocycles. The van der Waals surface area contributed by atoms with E-state index in [1.807, 2.05) is 12.1 Å². The Morgan fingerprint density at radius 2 is 1.91 bits per heavy atom. The second-order valence-electron chi connectivity index (χ2n) is 8.89. The minimum absolute atomic E-state index is 0.0785. The third-order valence-corrected chi connectivity index (χ3v) is 5.97. The highest BCUT2D eigenvalue weighted by atomic mass is 35.5. The van der Waals surface area contributed by atoms with Crippen LogP contribution in [0.1, 0.15) is 32.3 Å². The van der Waals surface area contributed by atoms with Gasteiger partial charge in [-0.05, 0) is 62.7 Å². The minimum atomic E-state index is -1.07. The number of aliphatic hydroxyl groups is 1. The Morgan fingerprint density at radius 1 is 1.21 bits per heavy atom. The van der Waals surface area contributed by atoms with Crippen LogP contribution in [0.3, 0.4) is 0 Å². The summed E-state index contributed by atoms with van der Waals surface area (Å²) in [6.07, 6.45) is 2.04. The molecular weight excluding hydrogens is 442 g/mol. The Kier molecular flexibility index (Phi) is 8.97. The summed E-state index contributed by atoms with van der Waals surface area (Å²) in [7, 11) is 1.57. The van der Waals surface area contributed by atoms with Crippen LogP contribution < -0.4 is 20.1 Å². The fourth-order valence-electron chi connectivity index (χ4n) is 3.83. The van der Waals surface area contributed by atoms with Gasteiger partial charge in [-0.3, -0.25) is 9.69 Å². The molecule has 1 heterocycles. The zero-order valence-electron chi connectivity index (χ0n) is 19.6. The first-order valence-electron chi connectivity index (χ1n) is 11.2. The van der Waals surface area contributed by atoms with Crippen LogP contribution >= 0.6 is 11.6 Å². The molecule has 2 aromatic rings. The fraction of sp³-hybridized carbons (Fsp3) is 0.480. The average Bonchev–Trinajstić information content (AvgIpc) is 2.79. The molecule has 0 aliphatic carbocycles. The molecule has 1 amide bonds. The smallest absolute Gasteiger partial charge is 0.221 e. The van der Waals surface area contributed by atoms with E-state index in [2.05, 4.69) is 27.7 Å². The first-order valence-corrected chi connectivity index (χ1v) is 11.6. The summed E-state index contributed by atoms with van der Waals surface area (Å²) < 4.78 is 11.1. The minimum Gasteiger partial charge on any atom is -0.497 e. The normalized spacial score (nSPS) is 16.8. The van der Waals surface area contributed by atoms with Gasteiger partial charge < -0.3 is 25.2 Å². The van der Waals surface area contributed by atoms with Gasteiger partial charge in [0, 0.05) is 37.1 Å². The lowest BCUT2D eigenvalue weighted by Crippen LogP contribution is -2.49. The summed E-state index contributed by atoms with van der Waals surface area (Å²) in [6, 6.07) is 13.5. The van der Waals surface area contributed by atoms with Gasteiger partial charge in [-0.25, -0.2) is 0 Å². The summed E-state index contributed by atoms with van der Waals surface area (Å²) >= 11 is 5.97. The largest absolute Gasteiger partial charge is 0.497 e. The molecule has 3 N–H and O–H groups in total. The summed E-state index contributed by atoms with van der Waals surface area (Å²) in [5, 5.41) is 17.8. The summed E-state index contributed by atoms with van der Waals surface area (Å²) in [6.45, 7) is 6.60. The van der Waals surface area contributed by atoms with Crippen molar-refractivity contribution in [2.45, 2.75) is 44.9 Å². The van der Waals surface area contributed by atoms with Crippen molar-refractivity contribution in [1.82, 2.24) is 10.2 Å². The molecule has 1 fully saturated rings. The molecule has 0 aromatic heterocycles. The molecule has 1 atom stereocenters. The number of hydrogen-bond donors (Lipinski definition) is 3. The molecule has 0 spiro atoms. The lowest BCUT2D eigenvalue weighted by atomic mass is 10.0. The van der Waals surface area contributed by atoms with Crippen molar-refractivity contribution in [3.63, 3.8) is 0 Å². The summed E-state index contributed by atoms with van der Waals surface area (Å²) in [4.78, 5) is 13.9. The van der Waals surface area contributed by atoms with Crippen molar-refractivity contribution in [2.24, 2.45) is 0 Å². The molecule has 33 heavy (non-hydrogen) atoms. The predicted octanol–water partition coefficient (Wildman–Crippen LogP) is 3.69. The van der Waals surface area contributed by atoms with E-state index in [0.717, 1.165) is 37.5 Å². The van der Waals surface area contributed by atoms with E-state index in [9.17, 15) is 9.90 Å². The number of carbonyl (C=O) groups excluding carboxylic acids is 1. The molecule has 0 bridgehead atoms. The number of ether oxygens (including phenoxy) is 2. The standard InChI is InChI=1S/C25H34ClN3O4/c1-18(30)28-23-9-8-22(32-3)14-24(23)33-17-25(2,31)16-27-21-10-12-29(13-11-21)15-19-4-6-20(26)7-5-19/h4-9,14,21,27,31H,10-13,15-17H2,1-3H3,(H,28,30). The van der Waals surface area contributed by atoms with Crippen LogP contribution in [0.15, 0.2) is 42.5 Å². The number of methoxy groups -OCH3 is 1. The van der Waals surface area contributed by atoms with E-state index in [1.54, 1.807) is 32.2 Å². The number of anilines is 1. The number of nitrogens with zero attached hydrogens (tertiary/aromatic N) is 1. The number of rotatable bonds is 10. The summed E-state index contributed by atoms with van der Waals surface area (Å²) in [5.74, 6) is 0.878. The number of benzene rings is 2. The molecule has 180 valence electrons. The Balaban J connectivity index is 1.45. The van der Waals surface area contributed by atoms with E-state index in [0.29, 0.717) is 29.8 Å². The monoisotopic (exact) mass is 475 g/mol. The molecule has 8 heteroatoms. The van der Waals surface area contributed by atoms with Gasteiger partial charge in [0.1, 0.15) is 23.7 Å². The van der Waals surface area contributed by atoms with Crippen molar-refractivity contribution < 1.29 is 19.4 Å². The number of hydrogen-bond acceptors (Lipinski definition) is 6. The van der Waals surface area contributed by atoms with E-state index in [1.165, 1.54) is 12.5 Å². The first kappa shape index (κ1) is 25.3. The highest BCUT2D eigenvalue weighted by Gasteiger charge is 2.26. The van der Waals surface area contributed by atoms with Crippen LogP contribution in [0, 0.1) is 0 Å². The maximum absolute atomic E-state index is 11.5. The molecular formula is C25H34ClN3O4. The lowest BCUT2D eigenvalue weighted by molar-refractivity contribution is -0.114. The third-order valence-electron chi connectivity index (χ3n) is 5.72. The van der Waals surface area contributed by atoms with E-state index >= 15 is 0 Å². The van der Waals surface area contributed by atoms with Gasteiger partial charge in [-0.2, -0.15) is 0 Å². The number of piperidine rings is 1. The van der Waals surface area contributed by atoms with Crippen LogP contribution in [0.25, 0.3) is 0 Å². The Bertz CT molecular complexity index is 912. The topological polar surface area (TPSA) is 83.1 Å². The van der Waals surface area contributed by atoms with Crippen molar-refractivity contribution in [3.8, 4) is 11.5 Å². The van der Waals surface area contributed by atoms with Crippen LogP contribution in [0.2, 0.25) is 5.02 Å². The molecule has 3 rings (SSSR count). The number of carbonyl (C=O) groups is 1. The number of halogens is 1. The van der Waals surface area contributed by atoms with E-state index in [4.69, 9.17) is 21.1 Å². The van der Waals surface area contributed by atoms with Gasteiger partial charge in [0.05, 0.1) is 12.8 Å². The molecule has 0 radical (unpaired) electrons. The van der Waals surface area contributed by atoms with Gasteiger partial charge in [-0.15, -0.1) is 0 Å². The number of likely N-dealkylation sites (tertiary alicyclic amines) is 1. The molecule has 2 aromatic carbocycles. The zero-order chi connectivity index (χ0) is 23.8. The molecule has 7 nitrogen and oxygen atoms in total. The lowest BCUT2D eigenvalue weighted by Gasteiger charge is -2.34. The third kappa shape index (κ3) is 8.19. The SMILES string of the molecule is COc1ccc(NC(C)=O)c(OCC(C)(O)CNC2CCN(Cc3ccc(Cl)cc3)CC2)c1. The molecule has 0 saturated carbocycles. The zero-order valence-corrected chi connectivity index (χ0v) is 20.3. The van der Waals surface area contributed by atoms with Crippen LogP contribution in [-0.4, -0.2) is 60.9 Å². The van der Waals surface area contributed by atoms with Crippen LogP contribution in [0.5, 0.6) is 11.5 Å². The number of amides is 1. The maximum Gasteiger partial charge on any atom is 0.221 e. The molecule has 1 aliphatic rings. The van der Waals surface area contributed by atoms with Crippen LogP contribution in [-0.2, 0) is 11.3 Å².